The molecule has 0 aromatic heterocycles. The van der Waals surface area contributed by atoms with Crippen LogP contribution in [0.15, 0.2) is 0 Å². The Kier molecular flexibility index (Phi) is 3.68. The lowest BCUT2D eigenvalue weighted by Gasteiger charge is -2.41. The van der Waals surface area contributed by atoms with Crippen LogP contribution in [0, 0.1) is 5.92 Å². The van der Waals surface area contributed by atoms with Crippen LogP contribution in [0.2, 0.25) is 0 Å². The minimum atomic E-state index is 0.195. The van der Waals surface area contributed by atoms with Gasteiger partial charge in [-0.2, -0.15) is 0 Å². The van der Waals surface area contributed by atoms with Crippen LogP contribution in [-0.2, 0) is 4.74 Å². The third kappa shape index (κ3) is 2.36. The second-order valence-corrected chi connectivity index (χ2v) is 5.33. The monoisotopic (exact) mass is 211 g/mol. The Balaban J connectivity index is 1.77. The molecule has 2 aliphatic rings. The van der Waals surface area contributed by atoms with Gasteiger partial charge in [-0.1, -0.05) is 19.8 Å². The van der Waals surface area contributed by atoms with Crippen LogP contribution in [0.5, 0.6) is 0 Å². The SMILES string of the molecule is CCC1CCCC1NCC1(OC)CCC1. The summed E-state index contributed by atoms with van der Waals surface area (Å²) in [5.41, 5.74) is 0.195. The molecule has 15 heavy (non-hydrogen) atoms. The fourth-order valence-electron chi connectivity index (χ4n) is 3.14. The third-order valence-corrected chi connectivity index (χ3v) is 4.57. The van der Waals surface area contributed by atoms with Gasteiger partial charge in [-0.25, -0.2) is 0 Å². The summed E-state index contributed by atoms with van der Waals surface area (Å²) < 4.78 is 5.64. The second-order valence-electron chi connectivity index (χ2n) is 5.33. The zero-order valence-electron chi connectivity index (χ0n) is 10.2. The molecule has 2 aliphatic carbocycles. The van der Waals surface area contributed by atoms with Crippen LogP contribution >= 0.6 is 0 Å². The van der Waals surface area contributed by atoms with E-state index in [1.54, 1.807) is 0 Å². The molecule has 0 aromatic rings. The van der Waals surface area contributed by atoms with Crippen molar-refractivity contribution in [1.82, 2.24) is 5.32 Å². The maximum atomic E-state index is 5.64. The predicted octanol–water partition coefficient (Wildman–Crippen LogP) is 2.72. The van der Waals surface area contributed by atoms with E-state index in [-0.39, 0.29) is 5.60 Å². The minimum absolute atomic E-state index is 0.195. The Morgan fingerprint density at radius 3 is 2.60 bits per heavy atom. The average molecular weight is 211 g/mol. The van der Waals surface area contributed by atoms with Gasteiger partial charge in [0.1, 0.15) is 0 Å². The molecule has 0 bridgehead atoms. The summed E-state index contributed by atoms with van der Waals surface area (Å²) in [7, 11) is 1.87. The van der Waals surface area contributed by atoms with Gasteiger partial charge in [-0.05, 0) is 38.0 Å². The molecular formula is C13H25NO. The van der Waals surface area contributed by atoms with Gasteiger partial charge >= 0.3 is 0 Å². The first-order chi connectivity index (χ1) is 7.29. The van der Waals surface area contributed by atoms with Crippen molar-refractivity contribution in [2.75, 3.05) is 13.7 Å². The summed E-state index contributed by atoms with van der Waals surface area (Å²) in [5.74, 6) is 0.916. The van der Waals surface area contributed by atoms with E-state index in [0.717, 1.165) is 18.5 Å². The van der Waals surface area contributed by atoms with Gasteiger partial charge in [-0.15, -0.1) is 0 Å². The molecule has 2 atom stereocenters. The molecule has 1 N–H and O–H groups in total. The number of hydrogen-bond acceptors (Lipinski definition) is 2. The van der Waals surface area contributed by atoms with Gasteiger partial charge in [0.15, 0.2) is 0 Å². The van der Waals surface area contributed by atoms with Gasteiger partial charge in [0.2, 0.25) is 0 Å². The first-order valence-electron chi connectivity index (χ1n) is 6.58. The molecule has 2 saturated carbocycles. The summed E-state index contributed by atoms with van der Waals surface area (Å²) in [6.45, 7) is 3.39. The molecule has 0 aromatic carbocycles. The molecule has 2 rings (SSSR count). The Morgan fingerprint density at radius 1 is 1.27 bits per heavy atom. The molecule has 2 fully saturated rings. The van der Waals surface area contributed by atoms with Crippen LogP contribution in [0.3, 0.4) is 0 Å². The fraction of sp³-hybridized carbons (Fsp3) is 1.00. The Hall–Kier alpha value is -0.0800. The number of hydrogen-bond donors (Lipinski definition) is 1. The Bertz CT molecular complexity index is 195. The lowest BCUT2D eigenvalue weighted by atomic mass is 9.79. The summed E-state index contributed by atoms with van der Waals surface area (Å²) in [6, 6.07) is 0.766. The molecule has 88 valence electrons. The van der Waals surface area contributed by atoms with Gasteiger partial charge in [0.25, 0.3) is 0 Å². The average Bonchev–Trinajstić information content (AvgIpc) is 2.64. The quantitative estimate of drug-likeness (QED) is 0.755. The molecule has 0 saturated heterocycles. The van der Waals surface area contributed by atoms with Gasteiger partial charge in [0.05, 0.1) is 5.60 Å². The third-order valence-electron chi connectivity index (χ3n) is 4.57. The van der Waals surface area contributed by atoms with E-state index in [2.05, 4.69) is 12.2 Å². The van der Waals surface area contributed by atoms with E-state index >= 15 is 0 Å². The van der Waals surface area contributed by atoms with E-state index in [1.807, 2.05) is 7.11 Å². The van der Waals surface area contributed by atoms with Crippen molar-refractivity contribution in [3.63, 3.8) is 0 Å². The van der Waals surface area contributed by atoms with Gasteiger partial charge in [0, 0.05) is 19.7 Å². The van der Waals surface area contributed by atoms with Crippen molar-refractivity contribution in [2.45, 2.75) is 63.5 Å². The lowest BCUT2D eigenvalue weighted by molar-refractivity contribution is -0.0714. The molecule has 0 heterocycles. The van der Waals surface area contributed by atoms with Gasteiger partial charge in [-0.3, -0.25) is 0 Å². The number of ether oxygens (including phenoxy) is 1. The molecule has 2 heteroatoms. The van der Waals surface area contributed by atoms with Crippen molar-refractivity contribution in [3.8, 4) is 0 Å². The maximum absolute atomic E-state index is 5.64. The molecule has 2 unspecified atom stereocenters. The molecule has 2 nitrogen and oxygen atoms in total. The molecule has 0 spiro atoms. The van der Waals surface area contributed by atoms with Crippen molar-refractivity contribution in [1.29, 1.82) is 0 Å². The van der Waals surface area contributed by atoms with Crippen LogP contribution < -0.4 is 5.32 Å². The standard InChI is InChI=1S/C13H25NO/c1-3-11-6-4-7-12(11)14-10-13(15-2)8-5-9-13/h11-12,14H,3-10H2,1-2H3. The summed E-state index contributed by atoms with van der Waals surface area (Å²) in [4.78, 5) is 0. The zero-order chi connectivity index (χ0) is 10.7. The van der Waals surface area contributed by atoms with Crippen LogP contribution in [-0.4, -0.2) is 25.3 Å². The first-order valence-corrected chi connectivity index (χ1v) is 6.58. The molecule has 0 amide bonds. The summed E-state index contributed by atoms with van der Waals surface area (Å²) in [5, 5.41) is 3.75. The van der Waals surface area contributed by atoms with Crippen molar-refractivity contribution in [2.24, 2.45) is 5.92 Å². The van der Waals surface area contributed by atoms with E-state index in [9.17, 15) is 0 Å². The molecule has 0 aliphatic heterocycles. The van der Waals surface area contributed by atoms with E-state index in [0.29, 0.717) is 0 Å². The van der Waals surface area contributed by atoms with Crippen LogP contribution in [0.1, 0.15) is 51.9 Å². The maximum Gasteiger partial charge on any atom is 0.0802 e. The first kappa shape index (κ1) is 11.4. The predicted molar refractivity (Wildman–Crippen MR) is 63.0 cm³/mol. The van der Waals surface area contributed by atoms with Crippen LogP contribution in [0.4, 0.5) is 0 Å². The Labute approximate surface area is 93.8 Å². The van der Waals surface area contributed by atoms with Crippen molar-refractivity contribution in [3.05, 3.63) is 0 Å². The summed E-state index contributed by atoms with van der Waals surface area (Å²) in [6.07, 6.45) is 9.39. The topological polar surface area (TPSA) is 21.3 Å². The van der Waals surface area contributed by atoms with Crippen LogP contribution in [0.25, 0.3) is 0 Å². The van der Waals surface area contributed by atoms with E-state index in [1.165, 1.54) is 44.9 Å². The smallest absolute Gasteiger partial charge is 0.0802 e. The van der Waals surface area contributed by atoms with Crippen molar-refractivity contribution < 1.29 is 4.74 Å². The van der Waals surface area contributed by atoms with Gasteiger partial charge < -0.3 is 10.1 Å². The van der Waals surface area contributed by atoms with E-state index < -0.39 is 0 Å². The second kappa shape index (κ2) is 4.84. The largest absolute Gasteiger partial charge is 0.377 e. The number of rotatable bonds is 5. The normalized spacial score (nSPS) is 34.0. The number of nitrogens with one attached hydrogen (secondary N) is 1. The highest BCUT2D eigenvalue weighted by Gasteiger charge is 2.38. The highest BCUT2D eigenvalue weighted by atomic mass is 16.5. The highest BCUT2D eigenvalue weighted by molar-refractivity contribution is 4.93. The zero-order valence-corrected chi connectivity index (χ0v) is 10.2. The summed E-state index contributed by atoms with van der Waals surface area (Å²) >= 11 is 0. The molecular weight excluding hydrogens is 186 g/mol. The minimum Gasteiger partial charge on any atom is -0.377 e. The van der Waals surface area contributed by atoms with Crippen molar-refractivity contribution >= 4 is 0 Å². The number of methoxy groups -OCH3 is 1. The lowest BCUT2D eigenvalue weighted by Crippen LogP contribution is -2.50. The Morgan fingerprint density at radius 2 is 2.07 bits per heavy atom. The van der Waals surface area contributed by atoms with E-state index in [4.69, 9.17) is 4.74 Å². The highest BCUT2D eigenvalue weighted by Crippen LogP contribution is 2.35. The molecule has 0 radical (unpaired) electrons. The fourth-order valence-corrected chi connectivity index (χ4v) is 3.14.